The number of hydrogen-bond acceptors (Lipinski definition) is 4. The molecule has 5 nitrogen and oxygen atoms in total. The lowest BCUT2D eigenvalue weighted by Crippen LogP contribution is -2.42. The number of carbonyl (C=O) groups excluding carboxylic acids is 1. The maximum Gasteiger partial charge on any atom is 0.226 e. The molecule has 1 amide bonds. The highest BCUT2D eigenvalue weighted by atomic mass is 16.5. The van der Waals surface area contributed by atoms with E-state index in [2.05, 4.69) is 9.97 Å². The van der Waals surface area contributed by atoms with Crippen molar-refractivity contribution in [2.75, 3.05) is 13.1 Å². The van der Waals surface area contributed by atoms with Gasteiger partial charge in [-0.05, 0) is 12.5 Å². The topological polar surface area (TPSA) is 55.3 Å². The minimum atomic E-state index is 0.116. The highest BCUT2D eigenvalue weighted by Gasteiger charge is 2.24. The van der Waals surface area contributed by atoms with Crippen molar-refractivity contribution in [2.24, 2.45) is 0 Å². The molecule has 1 aliphatic rings. The number of hydrogen-bond donors (Lipinski definition) is 0. The standard InChI is InChI=1S/C18H21N3O2/c1-14-19-10-7-17(20-14)23-16-8-11-21(12-9-16)18(22)13-15-5-3-2-4-6-15/h2-7,10,16H,8-9,11-13H2,1H3. The average molecular weight is 311 g/mol. The van der Waals surface area contributed by atoms with Crippen LogP contribution < -0.4 is 4.74 Å². The maximum atomic E-state index is 12.3. The molecular weight excluding hydrogens is 290 g/mol. The number of ether oxygens (including phenoxy) is 1. The summed E-state index contributed by atoms with van der Waals surface area (Å²) in [7, 11) is 0. The molecule has 1 aliphatic heterocycles. The van der Waals surface area contributed by atoms with Crippen molar-refractivity contribution in [3.63, 3.8) is 0 Å². The van der Waals surface area contributed by atoms with Gasteiger partial charge in [-0.15, -0.1) is 0 Å². The van der Waals surface area contributed by atoms with Crippen LogP contribution in [0.2, 0.25) is 0 Å². The first-order chi connectivity index (χ1) is 11.2. The van der Waals surface area contributed by atoms with E-state index in [-0.39, 0.29) is 12.0 Å². The zero-order valence-electron chi connectivity index (χ0n) is 13.3. The first kappa shape index (κ1) is 15.5. The molecule has 1 aromatic heterocycles. The van der Waals surface area contributed by atoms with Crippen LogP contribution in [0.4, 0.5) is 0 Å². The number of piperidine rings is 1. The summed E-state index contributed by atoms with van der Waals surface area (Å²) in [4.78, 5) is 22.6. The van der Waals surface area contributed by atoms with E-state index in [1.54, 1.807) is 12.3 Å². The number of aryl methyl sites for hydroxylation is 1. The molecule has 1 fully saturated rings. The third kappa shape index (κ3) is 4.28. The molecular formula is C18H21N3O2. The molecule has 0 saturated carbocycles. The van der Waals surface area contributed by atoms with Gasteiger partial charge >= 0.3 is 0 Å². The molecule has 0 spiro atoms. The number of nitrogens with zero attached hydrogens (tertiary/aromatic N) is 3. The van der Waals surface area contributed by atoms with E-state index in [0.717, 1.165) is 31.5 Å². The molecule has 0 unspecified atom stereocenters. The lowest BCUT2D eigenvalue weighted by Gasteiger charge is -2.32. The van der Waals surface area contributed by atoms with Crippen LogP contribution in [-0.4, -0.2) is 40.0 Å². The van der Waals surface area contributed by atoms with Gasteiger partial charge in [0.15, 0.2) is 0 Å². The molecule has 5 heteroatoms. The first-order valence-corrected chi connectivity index (χ1v) is 7.99. The number of rotatable bonds is 4. The van der Waals surface area contributed by atoms with Crippen molar-refractivity contribution in [2.45, 2.75) is 32.3 Å². The predicted octanol–water partition coefficient (Wildman–Crippen LogP) is 2.40. The average Bonchev–Trinajstić information content (AvgIpc) is 2.56. The lowest BCUT2D eigenvalue weighted by molar-refractivity contribution is -0.132. The lowest BCUT2D eigenvalue weighted by atomic mass is 10.1. The minimum absolute atomic E-state index is 0.116. The molecule has 2 aromatic rings. The number of benzene rings is 1. The first-order valence-electron chi connectivity index (χ1n) is 7.99. The summed E-state index contributed by atoms with van der Waals surface area (Å²) in [5.41, 5.74) is 1.06. The van der Waals surface area contributed by atoms with E-state index in [0.29, 0.717) is 18.1 Å². The minimum Gasteiger partial charge on any atom is -0.474 e. The summed E-state index contributed by atoms with van der Waals surface area (Å²) in [6, 6.07) is 11.7. The van der Waals surface area contributed by atoms with E-state index in [1.807, 2.05) is 42.2 Å². The third-order valence-electron chi connectivity index (χ3n) is 4.03. The fourth-order valence-corrected chi connectivity index (χ4v) is 2.78. The summed E-state index contributed by atoms with van der Waals surface area (Å²) >= 11 is 0. The molecule has 0 atom stereocenters. The Morgan fingerprint density at radius 1 is 1.22 bits per heavy atom. The Hall–Kier alpha value is -2.43. The van der Waals surface area contributed by atoms with Gasteiger partial charge in [0.05, 0.1) is 6.42 Å². The molecule has 0 aliphatic carbocycles. The van der Waals surface area contributed by atoms with Crippen LogP contribution in [0, 0.1) is 6.92 Å². The number of aromatic nitrogens is 2. The van der Waals surface area contributed by atoms with Gasteiger partial charge in [0, 0.05) is 38.2 Å². The van der Waals surface area contributed by atoms with Crippen molar-refractivity contribution >= 4 is 5.91 Å². The molecule has 1 saturated heterocycles. The van der Waals surface area contributed by atoms with Gasteiger partial charge in [-0.2, -0.15) is 4.98 Å². The monoisotopic (exact) mass is 311 g/mol. The Morgan fingerprint density at radius 2 is 1.96 bits per heavy atom. The predicted molar refractivity (Wildman–Crippen MR) is 87.1 cm³/mol. The molecule has 0 N–H and O–H groups in total. The maximum absolute atomic E-state index is 12.3. The van der Waals surface area contributed by atoms with Crippen LogP contribution in [-0.2, 0) is 11.2 Å². The summed E-state index contributed by atoms with van der Waals surface area (Å²) in [6.07, 6.45) is 3.96. The van der Waals surface area contributed by atoms with Crippen LogP contribution in [0.5, 0.6) is 5.88 Å². The highest BCUT2D eigenvalue weighted by molar-refractivity contribution is 5.78. The second kappa shape index (κ2) is 7.22. The smallest absolute Gasteiger partial charge is 0.226 e. The van der Waals surface area contributed by atoms with Crippen molar-refractivity contribution in [1.29, 1.82) is 0 Å². The van der Waals surface area contributed by atoms with E-state index in [9.17, 15) is 4.79 Å². The largest absolute Gasteiger partial charge is 0.474 e. The molecule has 120 valence electrons. The zero-order valence-corrected chi connectivity index (χ0v) is 13.3. The van der Waals surface area contributed by atoms with E-state index in [1.165, 1.54) is 0 Å². The quantitative estimate of drug-likeness (QED) is 0.870. The van der Waals surface area contributed by atoms with Crippen molar-refractivity contribution in [3.8, 4) is 5.88 Å². The summed E-state index contributed by atoms with van der Waals surface area (Å²) < 4.78 is 5.89. The summed E-state index contributed by atoms with van der Waals surface area (Å²) in [6.45, 7) is 3.32. The summed E-state index contributed by atoms with van der Waals surface area (Å²) in [5.74, 6) is 1.51. The molecule has 0 radical (unpaired) electrons. The Labute approximate surface area is 136 Å². The molecule has 23 heavy (non-hydrogen) atoms. The third-order valence-corrected chi connectivity index (χ3v) is 4.03. The second-order valence-electron chi connectivity index (χ2n) is 5.80. The number of likely N-dealkylation sites (tertiary alicyclic amines) is 1. The van der Waals surface area contributed by atoms with Gasteiger partial charge in [-0.3, -0.25) is 4.79 Å². The van der Waals surface area contributed by atoms with Gasteiger partial charge in [0.2, 0.25) is 11.8 Å². The van der Waals surface area contributed by atoms with Gasteiger partial charge in [0.1, 0.15) is 11.9 Å². The van der Waals surface area contributed by atoms with E-state index >= 15 is 0 Å². The van der Waals surface area contributed by atoms with E-state index in [4.69, 9.17) is 4.74 Å². The van der Waals surface area contributed by atoms with Gasteiger partial charge in [-0.25, -0.2) is 4.98 Å². The second-order valence-corrected chi connectivity index (χ2v) is 5.80. The Kier molecular flexibility index (Phi) is 4.86. The molecule has 3 rings (SSSR count). The van der Waals surface area contributed by atoms with Gasteiger partial charge in [0.25, 0.3) is 0 Å². The van der Waals surface area contributed by atoms with Crippen LogP contribution in [0.25, 0.3) is 0 Å². The van der Waals surface area contributed by atoms with Crippen molar-refractivity contribution < 1.29 is 9.53 Å². The van der Waals surface area contributed by atoms with Crippen molar-refractivity contribution in [1.82, 2.24) is 14.9 Å². The number of amides is 1. The fourth-order valence-electron chi connectivity index (χ4n) is 2.78. The molecule has 1 aromatic carbocycles. The van der Waals surface area contributed by atoms with Crippen molar-refractivity contribution in [3.05, 3.63) is 54.0 Å². The molecule has 2 heterocycles. The van der Waals surface area contributed by atoms with Gasteiger partial charge in [-0.1, -0.05) is 30.3 Å². The van der Waals surface area contributed by atoms with E-state index < -0.39 is 0 Å². The van der Waals surface area contributed by atoms with Crippen LogP contribution in [0.1, 0.15) is 24.2 Å². The Bertz CT molecular complexity index is 652. The Balaban J connectivity index is 1.49. The van der Waals surface area contributed by atoms with Gasteiger partial charge < -0.3 is 9.64 Å². The Morgan fingerprint density at radius 3 is 2.65 bits per heavy atom. The van der Waals surface area contributed by atoms with Crippen LogP contribution >= 0.6 is 0 Å². The zero-order chi connectivity index (χ0) is 16.1. The SMILES string of the molecule is Cc1nccc(OC2CCN(C(=O)Cc3ccccc3)CC2)n1. The van der Waals surface area contributed by atoms with Crippen LogP contribution in [0.15, 0.2) is 42.6 Å². The summed E-state index contributed by atoms with van der Waals surface area (Å²) in [5, 5.41) is 0. The number of carbonyl (C=O) groups is 1. The normalized spacial score (nSPS) is 15.4. The van der Waals surface area contributed by atoms with Crippen LogP contribution in [0.3, 0.4) is 0 Å². The highest BCUT2D eigenvalue weighted by Crippen LogP contribution is 2.18. The molecule has 0 bridgehead atoms. The fraction of sp³-hybridized carbons (Fsp3) is 0.389.